The average molecular weight is 283 g/mol. The van der Waals surface area contributed by atoms with Gasteiger partial charge in [-0.25, -0.2) is 0 Å². The summed E-state index contributed by atoms with van der Waals surface area (Å²) < 4.78 is 0. The summed E-state index contributed by atoms with van der Waals surface area (Å²) in [4.78, 5) is 14.0. The summed E-state index contributed by atoms with van der Waals surface area (Å²) in [5, 5.41) is 0.672. The number of carbonyl (C=O) groups excluding carboxylic acids is 1. The Bertz CT molecular complexity index is 454. The molecule has 0 bridgehead atoms. The van der Waals surface area contributed by atoms with Crippen LogP contribution in [0.15, 0.2) is 24.3 Å². The molecule has 0 saturated heterocycles. The van der Waals surface area contributed by atoms with Gasteiger partial charge in [-0.3, -0.25) is 4.79 Å². The molecular formula is C15H23ClN2O. The first kappa shape index (κ1) is 16.0. The summed E-state index contributed by atoms with van der Waals surface area (Å²) >= 11 is 5.98. The topological polar surface area (TPSA) is 46.3 Å². The molecule has 0 fully saturated rings. The molecule has 3 nitrogen and oxygen atoms in total. The van der Waals surface area contributed by atoms with Crippen molar-refractivity contribution in [3.05, 3.63) is 34.9 Å². The zero-order valence-electron chi connectivity index (χ0n) is 12.3. The molecule has 0 saturated carbocycles. The maximum Gasteiger partial charge on any atom is 0.240 e. The molecular weight excluding hydrogens is 260 g/mol. The van der Waals surface area contributed by atoms with E-state index in [1.54, 1.807) is 11.9 Å². The quantitative estimate of drug-likeness (QED) is 0.925. The van der Waals surface area contributed by atoms with Crippen molar-refractivity contribution >= 4 is 17.5 Å². The third-order valence-electron chi connectivity index (χ3n) is 3.46. The Morgan fingerprint density at radius 2 is 1.95 bits per heavy atom. The highest BCUT2D eigenvalue weighted by molar-refractivity contribution is 6.30. The largest absolute Gasteiger partial charge is 0.338 e. The van der Waals surface area contributed by atoms with Gasteiger partial charge in [0.2, 0.25) is 5.91 Å². The highest BCUT2D eigenvalue weighted by atomic mass is 35.5. The lowest BCUT2D eigenvalue weighted by atomic mass is 9.86. The molecule has 0 aliphatic rings. The highest BCUT2D eigenvalue weighted by Crippen LogP contribution is 2.25. The minimum Gasteiger partial charge on any atom is -0.338 e. The average Bonchev–Trinajstić information content (AvgIpc) is 2.34. The van der Waals surface area contributed by atoms with E-state index in [0.717, 1.165) is 5.56 Å². The number of nitrogens with zero attached hydrogens (tertiary/aromatic N) is 1. The maximum atomic E-state index is 12.4. The summed E-state index contributed by atoms with van der Waals surface area (Å²) in [5.41, 5.74) is 6.78. The SMILES string of the molecule is CC(c1cccc(Cl)c1)N(C)C(=O)[C@@H](N)C(C)(C)C. The number of rotatable bonds is 3. The van der Waals surface area contributed by atoms with Crippen molar-refractivity contribution in [2.45, 2.75) is 39.8 Å². The van der Waals surface area contributed by atoms with Crippen LogP contribution in [0.3, 0.4) is 0 Å². The van der Waals surface area contributed by atoms with Crippen LogP contribution in [0.25, 0.3) is 0 Å². The second-order valence-electron chi connectivity index (χ2n) is 6.02. The van der Waals surface area contributed by atoms with Crippen molar-refractivity contribution in [1.29, 1.82) is 0 Å². The minimum absolute atomic E-state index is 0.0556. The molecule has 2 atom stereocenters. The smallest absolute Gasteiger partial charge is 0.240 e. The lowest BCUT2D eigenvalue weighted by Crippen LogP contribution is -2.49. The first-order chi connectivity index (χ1) is 8.64. The normalized spacial score (nSPS) is 14.9. The first-order valence-electron chi connectivity index (χ1n) is 6.42. The van der Waals surface area contributed by atoms with E-state index in [-0.39, 0.29) is 17.4 Å². The van der Waals surface area contributed by atoms with Crippen molar-refractivity contribution in [3.8, 4) is 0 Å². The number of hydrogen-bond donors (Lipinski definition) is 1. The Hall–Kier alpha value is -1.06. The van der Waals surface area contributed by atoms with Gasteiger partial charge in [-0.05, 0) is 30.0 Å². The maximum absolute atomic E-state index is 12.4. The van der Waals surface area contributed by atoms with Gasteiger partial charge in [0.1, 0.15) is 0 Å². The molecule has 4 heteroatoms. The van der Waals surface area contributed by atoms with Gasteiger partial charge in [0.15, 0.2) is 0 Å². The molecule has 1 unspecified atom stereocenters. The fourth-order valence-corrected chi connectivity index (χ4v) is 1.97. The van der Waals surface area contributed by atoms with E-state index in [0.29, 0.717) is 5.02 Å². The molecule has 1 amide bonds. The Morgan fingerprint density at radius 1 is 1.37 bits per heavy atom. The highest BCUT2D eigenvalue weighted by Gasteiger charge is 2.31. The van der Waals surface area contributed by atoms with E-state index in [9.17, 15) is 4.79 Å². The number of halogens is 1. The number of nitrogens with two attached hydrogens (primary N) is 1. The van der Waals surface area contributed by atoms with E-state index in [1.165, 1.54) is 0 Å². The van der Waals surface area contributed by atoms with Crippen molar-refractivity contribution in [3.63, 3.8) is 0 Å². The number of amides is 1. The van der Waals surface area contributed by atoms with Crippen molar-refractivity contribution in [2.75, 3.05) is 7.05 Å². The van der Waals surface area contributed by atoms with E-state index >= 15 is 0 Å². The molecule has 1 rings (SSSR count). The first-order valence-corrected chi connectivity index (χ1v) is 6.80. The van der Waals surface area contributed by atoms with Gasteiger partial charge in [0.25, 0.3) is 0 Å². The third-order valence-corrected chi connectivity index (χ3v) is 3.69. The van der Waals surface area contributed by atoms with Gasteiger partial charge in [0, 0.05) is 12.1 Å². The standard InChI is InChI=1S/C15H23ClN2O/c1-10(11-7-6-8-12(16)9-11)18(5)14(19)13(17)15(2,3)4/h6-10,13H,17H2,1-5H3/t10?,13-/m1/s1. The van der Waals surface area contributed by atoms with Gasteiger partial charge < -0.3 is 10.6 Å². The van der Waals surface area contributed by atoms with Crippen molar-refractivity contribution < 1.29 is 4.79 Å². The Kier molecular flexibility index (Phi) is 4.99. The van der Waals surface area contributed by atoms with Crippen LogP contribution in [0.5, 0.6) is 0 Å². The molecule has 106 valence electrons. The van der Waals surface area contributed by atoms with E-state index in [1.807, 2.05) is 52.0 Å². The molecule has 19 heavy (non-hydrogen) atoms. The molecule has 2 N–H and O–H groups in total. The molecule has 0 radical (unpaired) electrons. The molecule has 0 heterocycles. The van der Waals surface area contributed by atoms with Crippen molar-refractivity contribution in [2.24, 2.45) is 11.1 Å². The third kappa shape index (κ3) is 3.95. The summed E-state index contributed by atoms with van der Waals surface area (Å²) in [6.07, 6.45) is 0. The van der Waals surface area contributed by atoms with Crippen molar-refractivity contribution in [1.82, 2.24) is 4.90 Å². The van der Waals surface area contributed by atoms with Crippen LogP contribution < -0.4 is 5.73 Å². The van der Waals surface area contributed by atoms with Crippen LogP contribution in [0.1, 0.15) is 39.3 Å². The summed E-state index contributed by atoms with van der Waals surface area (Å²) in [7, 11) is 1.78. The zero-order valence-corrected chi connectivity index (χ0v) is 13.0. The summed E-state index contributed by atoms with van der Waals surface area (Å²) in [5.74, 6) is -0.0556. The fourth-order valence-electron chi connectivity index (χ4n) is 1.77. The van der Waals surface area contributed by atoms with E-state index in [2.05, 4.69) is 0 Å². The number of carbonyl (C=O) groups is 1. The Balaban J connectivity index is 2.88. The van der Waals surface area contributed by atoms with Crippen LogP contribution in [-0.4, -0.2) is 23.9 Å². The molecule has 0 spiro atoms. The molecule has 0 aromatic heterocycles. The lowest BCUT2D eigenvalue weighted by Gasteiger charge is -2.33. The summed E-state index contributed by atoms with van der Waals surface area (Å²) in [6, 6.07) is 6.97. The summed E-state index contributed by atoms with van der Waals surface area (Å²) in [6.45, 7) is 7.87. The van der Waals surface area contributed by atoms with E-state index < -0.39 is 6.04 Å². The Labute approximate surface area is 120 Å². The molecule has 0 aliphatic carbocycles. The van der Waals surface area contributed by atoms with Crippen LogP contribution in [0, 0.1) is 5.41 Å². The number of benzene rings is 1. The van der Waals surface area contributed by atoms with Crippen LogP contribution in [0.4, 0.5) is 0 Å². The zero-order chi connectivity index (χ0) is 14.8. The van der Waals surface area contributed by atoms with Crippen LogP contribution in [-0.2, 0) is 4.79 Å². The second-order valence-corrected chi connectivity index (χ2v) is 6.46. The predicted molar refractivity (Wildman–Crippen MR) is 80.1 cm³/mol. The lowest BCUT2D eigenvalue weighted by molar-refractivity contribution is -0.135. The van der Waals surface area contributed by atoms with Gasteiger partial charge in [0.05, 0.1) is 12.1 Å². The van der Waals surface area contributed by atoms with Gasteiger partial charge in [-0.2, -0.15) is 0 Å². The molecule has 0 aliphatic heterocycles. The predicted octanol–water partition coefficient (Wildman–Crippen LogP) is 3.23. The molecule has 1 aromatic carbocycles. The van der Waals surface area contributed by atoms with Gasteiger partial charge in [-0.1, -0.05) is 44.5 Å². The van der Waals surface area contributed by atoms with Gasteiger partial charge >= 0.3 is 0 Å². The van der Waals surface area contributed by atoms with Crippen LogP contribution in [0.2, 0.25) is 5.02 Å². The van der Waals surface area contributed by atoms with E-state index in [4.69, 9.17) is 17.3 Å². The number of likely N-dealkylation sites (N-methyl/N-ethyl adjacent to an activating group) is 1. The minimum atomic E-state index is -0.515. The number of hydrogen-bond acceptors (Lipinski definition) is 2. The monoisotopic (exact) mass is 282 g/mol. The fraction of sp³-hybridized carbons (Fsp3) is 0.533. The Morgan fingerprint density at radius 3 is 2.42 bits per heavy atom. The molecule has 1 aromatic rings. The van der Waals surface area contributed by atoms with Crippen LogP contribution >= 0.6 is 11.6 Å². The van der Waals surface area contributed by atoms with Gasteiger partial charge in [-0.15, -0.1) is 0 Å². The second kappa shape index (κ2) is 5.93.